The maximum Gasteiger partial charge on any atom is 0.0943 e. The van der Waals surface area contributed by atoms with E-state index in [1.807, 2.05) is 6.07 Å². The third-order valence-electron chi connectivity index (χ3n) is 2.99. The van der Waals surface area contributed by atoms with Gasteiger partial charge in [-0.05, 0) is 24.8 Å². The van der Waals surface area contributed by atoms with Crippen molar-refractivity contribution in [2.24, 2.45) is 0 Å². The van der Waals surface area contributed by atoms with Crippen LogP contribution in [0.5, 0.6) is 0 Å². The molecule has 1 aliphatic rings. The quantitative estimate of drug-likeness (QED) is 0.836. The molecule has 2 nitrogen and oxygen atoms in total. The molecule has 0 aromatic heterocycles. The molecule has 1 atom stereocenters. The molecule has 16 heavy (non-hydrogen) atoms. The van der Waals surface area contributed by atoms with Crippen molar-refractivity contribution in [2.45, 2.75) is 31.8 Å². The highest BCUT2D eigenvalue weighted by Gasteiger charge is 2.13. The SMILES string of the molecule is N#CC1=CCC(NCc2ccccc2)CC1. The highest BCUT2D eigenvalue weighted by Crippen LogP contribution is 2.17. The predicted octanol–water partition coefficient (Wildman–Crippen LogP) is 2.78. The van der Waals surface area contributed by atoms with E-state index in [-0.39, 0.29) is 0 Å². The van der Waals surface area contributed by atoms with Gasteiger partial charge in [0.15, 0.2) is 0 Å². The van der Waals surface area contributed by atoms with Crippen LogP contribution in [0, 0.1) is 11.3 Å². The van der Waals surface area contributed by atoms with Gasteiger partial charge < -0.3 is 5.32 Å². The first kappa shape index (κ1) is 10.9. The van der Waals surface area contributed by atoms with Gasteiger partial charge in [0, 0.05) is 18.2 Å². The van der Waals surface area contributed by atoms with Crippen molar-refractivity contribution in [1.82, 2.24) is 5.32 Å². The highest BCUT2D eigenvalue weighted by atomic mass is 14.9. The third kappa shape index (κ3) is 2.95. The minimum Gasteiger partial charge on any atom is -0.310 e. The standard InChI is InChI=1S/C14H16N2/c15-10-12-6-8-14(9-7-12)16-11-13-4-2-1-3-5-13/h1-6,14,16H,7-9,11H2. The van der Waals surface area contributed by atoms with Gasteiger partial charge >= 0.3 is 0 Å². The second kappa shape index (κ2) is 5.48. The van der Waals surface area contributed by atoms with Crippen LogP contribution in [0.3, 0.4) is 0 Å². The lowest BCUT2D eigenvalue weighted by Gasteiger charge is -2.20. The average Bonchev–Trinajstić information content (AvgIpc) is 2.38. The zero-order valence-electron chi connectivity index (χ0n) is 9.32. The van der Waals surface area contributed by atoms with Crippen LogP contribution in [0.2, 0.25) is 0 Å². The fourth-order valence-corrected chi connectivity index (χ4v) is 1.98. The minimum absolute atomic E-state index is 0.525. The molecular weight excluding hydrogens is 196 g/mol. The van der Waals surface area contributed by atoms with E-state index in [1.165, 1.54) is 5.56 Å². The first-order chi connectivity index (χ1) is 7.88. The lowest BCUT2D eigenvalue weighted by Crippen LogP contribution is -2.29. The average molecular weight is 212 g/mol. The highest BCUT2D eigenvalue weighted by molar-refractivity contribution is 5.23. The number of nitrogens with zero attached hydrogens (tertiary/aromatic N) is 1. The van der Waals surface area contributed by atoms with E-state index in [2.05, 4.69) is 41.7 Å². The Kier molecular flexibility index (Phi) is 3.74. The predicted molar refractivity (Wildman–Crippen MR) is 64.6 cm³/mol. The van der Waals surface area contributed by atoms with Crippen molar-refractivity contribution in [3.05, 3.63) is 47.5 Å². The summed E-state index contributed by atoms with van der Waals surface area (Å²) in [5.74, 6) is 0. The fraction of sp³-hybridized carbons (Fsp3) is 0.357. The number of hydrogen-bond acceptors (Lipinski definition) is 2. The number of benzene rings is 1. The normalized spacial score (nSPS) is 19.9. The maximum absolute atomic E-state index is 8.75. The van der Waals surface area contributed by atoms with Gasteiger partial charge in [0.2, 0.25) is 0 Å². The molecule has 1 aromatic rings. The van der Waals surface area contributed by atoms with Crippen LogP contribution in [0.15, 0.2) is 42.0 Å². The van der Waals surface area contributed by atoms with E-state index in [9.17, 15) is 0 Å². The molecule has 1 aromatic carbocycles. The Morgan fingerprint density at radius 2 is 2.12 bits per heavy atom. The molecule has 0 radical (unpaired) electrons. The number of allylic oxidation sites excluding steroid dienone is 1. The molecule has 0 fully saturated rings. The molecule has 1 unspecified atom stereocenters. The Hall–Kier alpha value is -1.59. The van der Waals surface area contributed by atoms with Crippen molar-refractivity contribution in [3.63, 3.8) is 0 Å². The fourth-order valence-electron chi connectivity index (χ4n) is 1.98. The molecule has 0 bridgehead atoms. The van der Waals surface area contributed by atoms with Crippen LogP contribution in [-0.4, -0.2) is 6.04 Å². The van der Waals surface area contributed by atoms with Crippen molar-refractivity contribution in [1.29, 1.82) is 5.26 Å². The Morgan fingerprint density at radius 3 is 2.75 bits per heavy atom. The van der Waals surface area contributed by atoms with Crippen molar-refractivity contribution in [2.75, 3.05) is 0 Å². The summed E-state index contributed by atoms with van der Waals surface area (Å²) in [7, 11) is 0. The number of nitrogens with one attached hydrogen (secondary N) is 1. The lowest BCUT2D eigenvalue weighted by molar-refractivity contribution is 0.470. The van der Waals surface area contributed by atoms with Crippen LogP contribution >= 0.6 is 0 Å². The van der Waals surface area contributed by atoms with Crippen molar-refractivity contribution >= 4 is 0 Å². The second-order valence-electron chi connectivity index (χ2n) is 4.18. The molecule has 0 spiro atoms. The first-order valence-corrected chi connectivity index (χ1v) is 5.75. The second-order valence-corrected chi connectivity index (χ2v) is 4.18. The Labute approximate surface area is 96.6 Å². The van der Waals surface area contributed by atoms with E-state index in [0.717, 1.165) is 31.4 Å². The van der Waals surface area contributed by atoms with Crippen LogP contribution in [0.4, 0.5) is 0 Å². The number of rotatable bonds is 3. The lowest BCUT2D eigenvalue weighted by atomic mass is 9.96. The third-order valence-corrected chi connectivity index (χ3v) is 2.99. The van der Waals surface area contributed by atoms with Gasteiger partial charge in [-0.25, -0.2) is 0 Å². The van der Waals surface area contributed by atoms with Crippen LogP contribution < -0.4 is 5.32 Å². The van der Waals surface area contributed by atoms with E-state index in [1.54, 1.807) is 0 Å². The van der Waals surface area contributed by atoms with Gasteiger partial charge in [0.25, 0.3) is 0 Å². The summed E-state index contributed by atoms with van der Waals surface area (Å²) in [5.41, 5.74) is 2.26. The van der Waals surface area contributed by atoms with E-state index in [0.29, 0.717) is 6.04 Å². The zero-order chi connectivity index (χ0) is 11.2. The van der Waals surface area contributed by atoms with Gasteiger partial charge in [-0.15, -0.1) is 0 Å². The van der Waals surface area contributed by atoms with Crippen LogP contribution in [0.1, 0.15) is 24.8 Å². The number of nitriles is 1. The summed E-state index contributed by atoms with van der Waals surface area (Å²) < 4.78 is 0. The monoisotopic (exact) mass is 212 g/mol. The van der Waals surface area contributed by atoms with E-state index < -0.39 is 0 Å². The molecule has 1 N–H and O–H groups in total. The Morgan fingerprint density at radius 1 is 1.31 bits per heavy atom. The van der Waals surface area contributed by atoms with Gasteiger partial charge in [-0.3, -0.25) is 0 Å². The largest absolute Gasteiger partial charge is 0.310 e. The van der Waals surface area contributed by atoms with E-state index >= 15 is 0 Å². The van der Waals surface area contributed by atoms with Crippen LogP contribution in [0.25, 0.3) is 0 Å². The summed E-state index contributed by atoms with van der Waals surface area (Å²) in [4.78, 5) is 0. The molecule has 0 heterocycles. The summed E-state index contributed by atoms with van der Waals surface area (Å²) in [6.07, 6.45) is 5.04. The molecule has 0 saturated heterocycles. The number of hydrogen-bond donors (Lipinski definition) is 1. The van der Waals surface area contributed by atoms with Gasteiger partial charge in [0.1, 0.15) is 0 Å². The van der Waals surface area contributed by atoms with Crippen molar-refractivity contribution < 1.29 is 0 Å². The molecule has 0 saturated carbocycles. The molecule has 2 rings (SSSR count). The summed E-state index contributed by atoms with van der Waals surface area (Å²) in [6, 6.07) is 13.2. The smallest absolute Gasteiger partial charge is 0.0943 e. The molecule has 2 heteroatoms. The van der Waals surface area contributed by atoms with Gasteiger partial charge in [0.05, 0.1) is 6.07 Å². The molecular formula is C14H16N2. The summed E-state index contributed by atoms with van der Waals surface area (Å²) in [5, 5.41) is 12.3. The topological polar surface area (TPSA) is 35.8 Å². The molecule has 0 amide bonds. The first-order valence-electron chi connectivity index (χ1n) is 5.75. The Balaban J connectivity index is 1.81. The van der Waals surface area contributed by atoms with Crippen LogP contribution in [-0.2, 0) is 6.54 Å². The molecule has 1 aliphatic carbocycles. The Bertz CT molecular complexity index is 400. The van der Waals surface area contributed by atoms with Gasteiger partial charge in [-0.1, -0.05) is 36.4 Å². The molecule has 82 valence electrons. The minimum atomic E-state index is 0.525. The van der Waals surface area contributed by atoms with E-state index in [4.69, 9.17) is 5.26 Å². The molecule has 0 aliphatic heterocycles. The zero-order valence-corrected chi connectivity index (χ0v) is 9.32. The maximum atomic E-state index is 8.75. The summed E-state index contributed by atoms with van der Waals surface area (Å²) >= 11 is 0. The van der Waals surface area contributed by atoms with Gasteiger partial charge in [-0.2, -0.15) is 5.26 Å². The van der Waals surface area contributed by atoms with Crippen molar-refractivity contribution in [3.8, 4) is 6.07 Å². The summed E-state index contributed by atoms with van der Waals surface area (Å²) in [6.45, 7) is 0.918.